The van der Waals surface area contributed by atoms with Gasteiger partial charge in [0, 0.05) is 25.2 Å². The highest BCUT2D eigenvalue weighted by Gasteiger charge is 2.29. The van der Waals surface area contributed by atoms with Crippen LogP contribution in [0, 0.1) is 0 Å². The normalized spacial score (nSPS) is 13.4. The van der Waals surface area contributed by atoms with E-state index in [2.05, 4.69) is 37.6 Å². The van der Waals surface area contributed by atoms with Gasteiger partial charge in [-0.3, -0.25) is 19.1 Å². The molecule has 2 rings (SSSR count). The van der Waals surface area contributed by atoms with Gasteiger partial charge in [-0.1, -0.05) is 23.9 Å². The Hall–Kier alpha value is -2.07. The molecule has 0 aliphatic rings. The first-order valence-corrected chi connectivity index (χ1v) is 11.0. The molecule has 1 heterocycles. The van der Waals surface area contributed by atoms with Gasteiger partial charge in [-0.2, -0.15) is 13.2 Å². The van der Waals surface area contributed by atoms with Gasteiger partial charge < -0.3 is 5.32 Å². The minimum atomic E-state index is -4.49. The van der Waals surface area contributed by atoms with E-state index in [1.807, 2.05) is 5.32 Å². The molecule has 0 saturated heterocycles. The molecule has 1 aromatic carbocycles. The molecule has 31 heavy (non-hydrogen) atoms. The minimum absolute atomic E-state index is 0.233. The van der Waals surface area contributed by atoms with E-state index in [1.165, 1.54) is 11.5 Å². The van der Waals surface area contributed by atoms with Gasteiger partial charge in [0.25, 0.3) is 5.56 Å². The number of thioether (sulfide) groups is 1. The van der Waals surface area contributed by atoms with Crippen LogP contribution in [-0.4, -0.2) is 57.0 Å². The van der Waals surface area contributed by atoms with Crippen molar-refractivity contribution in [1.29, 1.82) is 0 Å². The van der Waals surface area contributed by atoms with Crippen LogP contribution in [0.5, 0.6) is 0 Å². The maximum atomic E-state index is 13.2. The number of fused-ring (bicyclic) bond motifs is 1. The van der Waals surface area contributed by atoms with Crippen LogP contribution in [0.2, 0.25) is 0 Å². The predicted molar refractivity (Wildman–Crippen MR) is 117 cm³/mol. The number of hydrogen-bond acceptors (Lipinski definition) is 5. The Morgan fingerprint density at radius 1 is 1.16 bits per heavy atom. The summed E-state index contributed by atoms with van der Waals surface area (Å²) in [7, 11) is 0. The lowest BCUT2D eigenvalue weighted by atomic mass is 10.2. The maximum absolute atomic E-state index is 13.2. The van der Waals surface area contributed by atoms with E-state index in [-0.39, 0.29) is 17.6 Å². The van der Waals surface area contributed by atoms with Gasteiger partial charge >= 0.3 is 6.18 Å². The first kappa shape index (κ1) is 25.2. The topological polar surface area (TPSA) is 67.2 Å². The van der Waals surface area contributed by atoms with E-state index in [4.69, 9.17) is 0 Å². The molecule has 2 aromatic rings. The van der Waals surface area contributed by atoms with Gasteiger partial charge in [0.1, 0.15) is 6.54 Å². The van der Waals surface area contributed by atoms with Crippen molar-refractivity contribution < 1.29 is 18.0 Å². The molecule has 0 spiro atoms. The van der Waals surface area contributed by atoms with Crippen molar-refractivity contribution in [2.45, 2.75) is 69.8 Å². The summed E-state index contributed by atoms with van der Waals surface area (Å²) in [4.78, 5) is 32.1. The molecule has 1 aromatic heterocycles. The summed E-state index contributed by atoms with van der Waals surface area (Å²) < 4.78 is 38.8. The highest BCUT2D eigenvalue weighted by Crippen LogP contribution is 2.23. The summed E-state index contributed by atoms with van der Waals surface area (Å²) in [5.41, 5.74) is 0.252. The number of nitrogens with one attached hydrogen (secondary N) is 1. The number of benzene rings is 1. The molecule has 1 atom stereocenters. The lowest BCUT2D eigenvalue weighted by Gasteiger charge is -2.31. The lowest BCUT2D eigenvalue weighted by molar-refractivity contribution is -0.137. The minimum Gasteiger partial charge on any atom is -0.346 e. The van der Waals surface area contributed by atoms with Crippen LogP contribution in [0.3, 0.4) is 0 Å². The molecule has 0 fully saturated rings. The Labute approximate surface area is 184 Å². The van der Waals surface area contributed by atoms with Crippen molar-refractivity contribution in [2.24, 2.45) is 0 Å². The number of amides is 1. The Morgan fingerprint density at radius 3 is 2.35 bits per heavy atom. The zero-order chi connectivity index (χ0) is 23.3. The van der Waals surface area contributed by atoms with Crippen molar-refractivity contribution in [2.75, 3.05) is 13.1 Å². The molecule has 1 unspecified atom stereocenters. The second kappa shape index (κ2) is 10.5. The average Bonchev–Trinajstić information content (AvgIpc) is 2.67. The van der Waals surface area contributed by atoms with Crippen LogP contribution in [0.1, 0.15) is 34.6 Å². The highest BCUT2D eigenvalue weighted by atomic mass is 32.2. The van der Waals surface area contributed by atoms with Gasteiger partial charge in [0.2, 0.25) is 5.91 Å². The summed E-state index contributed by atoms with van der Waals surface area (Å²) >= 11 is 0.980. The Morgan fingerprint density at radius 2 is 1.77 bits per heavy atom. The zero-order valence-electron chi connectivity index (χ0n) is 18.4. The molecular weight excluding hydrogens is 429 g/mol. The molecule has 1 amide bonds. The Bertz CT molecular complexity index is 952. The third kappa shape index (κ3) is 6.96. The summed E-state index contributed by atoms with van der Waals surface area (Å²) in [6, 6.07) is 7.45. The fourth-order valence-corrected chi connectivity index (χ4v) is 4.26. The molecule has 6 nitrogen and oxygen atoms in total. The predicted octanol–water partition coefficient (Wildman–Crippen LogP) is 3.67. The Kier molecular flexibility index (Phi) is 8.53. The second-order valence-electron chi connectivity index (χ2n) is 7.89. The van der Waals surface area contributed by atoms with E-state index in [0.29, 0.717) is 29.1 Å². The molecule has 0 bridgehead atoms. The van der Waals surface area contributed by atoms with E-state index in [0.717, 1.165) is 11.8 Å². The van der Waals surface area contributed by atoms with Crippen molar-refractivity contribution in [1.82, 2.24) is 19.8 Å². The summed E-state index contributed by atoms with van der Waals surface area (Å²) in [5, 5.41) is 1.80. The van der Waals surface area contributed by atoms with E-state index >= 15 is 0 Å². The van der Waals surface area contributed by atoms with Crippen LogP contribution < -0.4 is 10.9 Å². The van der Waals surface area contributed by atoms with Crippen molar-refractivity contribution >= 4 is 28.6 Å². The smallest absolute Gasteiger partial charge is 0.346 e. The van der Waals surface area contributed by atoms with Gasteiger partial charge in [-0.25, -0.2) is 4.98 Å². The first-order chi connectivity index (χ1) is 14.4. The molecule has 0 radical (unpaired) electrons. The van der Waals surface area contributed by atoms with Crippen molar-refractivity contribution in [3.63, 3.8) is 0 Å². The van der Waals surface area contributed by atoms with Crippen molar-refractivity contribution in [3.8, 4) is 0 Å². The number of aromatic nitrogens is 2. The summed E-state index contributed by atoms with van der Waals surface area (Å²) in [6.07, 6.45) is -4.49. The highest BCUT2D eigenvalue weighted by molar-refractivity contribution is 8.00. The lowest BCUT2D eigenvalue weighted by Crippen LogP contribution is -2.41. The van der Waals surface area contributed by atoms with Gasteiger partial charge in [0.05, 0.1) is 16.2 Å². The Balaban J connectivity index is 2.34. The van der Waals surface area contributed by atoms with Crippen LogP contribution in [-0.2, 0) is 11.3 Å². The second-order valence-corrected chi connectivity index (χ2v) is 9.19. The number of halogens is 3. The standard InChI is InChI=1S/C21H29F3N4O2S/c1-13(2)27(14(3)4)10-11-28-19(30)16-8-6-7-9-17(16)26-20(28)31-15(5)18(29)25-12-21(22,23)24/h6-9,13-15H,10-12H2,1-5H3,(H,25,29). The largest absolute Gasteiger partial charge is 0.405 e. The van der Waals surface area contributed by atoms with Gasteiger partial charge in [-0.05, 0) is 46.8 Å². The number of nitrogens with zero attached hydrogens (tertiary/aromatic N) is 3. The molecule has 0 aliphatic heterocycles. The number of hydrogen-bond donors (Lipinski definition) is 1. The third-order valence-corrected chi connectivity index (χ3v) is 5.94. The maximum Gasteiger partial charge on any atom is 0.405 e. The van der Waals surface area contributed by atoms with E-state index in [9.17, 15) is 22.8 Å². The third-order valence-electron chi connectivity index (χ3n) is 4.85. The molecule has 1 N–H and O–H groups in total. The zero-order valence-corrected chi connectivity index (χ0v) is 19.2. The molecule has 172 valence electrons. The fourth-order valence-electron chi connectivity index (χ4n) is 3.31. The molecule has 0 aliphatic carbocycles. The van der Waals surface area contributed by atoms with Crippen molar-refractivity contribution in [3.05, 3.63) is 34.6 Å². The molecular formula is C21H29F3N4O2S. The number of carbonyl (C=O) groups is 1. The number of alkyl halides is 3. The molecule has 0 saturated carbocycles. The monoisotopic (exact) mass is 458 g/mol. The summed E-state index contributed by atoms with van der Waals surface area (Å²) in [5.74, 6) is -0.762. The number of para-hydroxylation sites is 1. The van der Waals surface area contributed by atoms with E-state index in [1.54, 1.807) is 24.3 Å². The summed E-state index contributed by atoms with van der Waals surface area (Å²) in [6.45, 7) is 9.34. The van der Waals surface area contributed by atoms with Crippen LogP contribution in [0.4, 0.5) is 13.2 Å². The van der Waals surface area contributed by atoms with Crippen LogP contribution >= 0.6 is 11.8 Å². The van der Waals surface area contributed by atoms with Gasteiger partial charge in [-0.15, -0.1) is 0 Å². The number of rotatable bonds is 9. The SMILES string of the molecule is CC(Sc1nc2ccccc2c(=O)n1CCN(C(C)C)C(C)C)C(=O)NCC(F)(F)F. The molecule has 10 heteroatoms. The van der Waals surface area contributed by atoms with E-state index < -0.39 is 23.9 Å². The number of carbonyl (C=O) groups excluding carboxylic acids is 1. The van der Waals surface area contributed by atoms with Gasteiger partial charge in [0.15, 0.2) is 5.16 Å². The average molecular weight is 459 g/mol. The fraction of sp³-hybridized carbons (Fsp3) is 0.571. The van der Waals surface area contributed by atoms with Crippen LogP contribution in [0.25, 0.3) is 10.9 Å². The quantitative estimate of drug-likeness (QED) is 0.459. The van der Waals surface area contributed by atoms with Crippen LogP contribution in [0.15, 0.2) is 34.2 Å². The first-order valence-electron chi connectivity index (χ1n) is 10.2.